The first kappa shape index (κ1) is 13.9. The molecule has 3 N–H and O–H groups in total. The minimum absolute atomic E-state index is 0.319. The van der Waals surface area contributed by atoms with Crippen LogP contribution in [0.3, 0.4) is 0 Å². The van der Waals surface area contributed by atoms with E-state index in [1.54, 1.807) is 18.3 Å². The molecule has 0 fully saturated rings. The number of benzene rings is 2. The van der Waals surface area contributed by atoms with Crippen molar-refractivity contribution in [3.05, 3.63) is 76.7 Å². The quantitative estimate of drug-likeness (QED) is 0.574. The lowest BCUT2D eigenvalue weighted by Gasteiger charge is -2.20. The number of hydrazine groups is 1. The zero-order valence-corrected chi connectivity index (χ0v) is 11.8. The van der Waals surface area contributed by atoms with Crippen molar-refractivity contribution in [3.8, 4) is 0 Å². The summed E-state index contributed by atoms with van der Waals surface area (Å²) in [7, 11) is 0. The van der Waals surface area contributed by atoms with Gasteiger partial charge in [-0.2, -0.15) is 0 Å². The number of rotatable bonds is 3. The number of nitrogens with two attached hydrogens (primary N) is 1. The van der Waals surface area contributed by atoms with Gasteiger partial charge in [-0.25, -0.2) is 9.82 Å². The molecule has 3 aromatic rings. The Labute approximate surface area is 126 Å². The molecule has 0 bridgehead atoms. The highest BCUT2D eigenvalue weighted by Crippen LogP contribution is 2.32. The Morgan fingerprint density at radius 1 is 1.10 bits per heavy atom. The number of nitrogens with one attached hydrogen (secondary N) is 1. The summed E-state index contributed by atoms with van der Waals surface area (Å²) in [6.07, 6.45) is 1.70. The number of hydrogen-bond acceptors (Lipinski definition) is 3. The van der Waals surface area contributed by atoms with Crippen LogP contribution in [0.2, 0.25) is 5.02 Å². The predicted octanol–water partition coefficient (Wildman–Crippen LogP) is 3.58. The maximum absolute atomic E-state index is 14.2. The van der Waals surface area contributed by atoms with Gasteiger partial charge in [0, 0.05) is 27.7 Å². The molecule has 0 aliphatic carbocycles. The number of hydrogen-bond donors (Lipinski definition) is 2. The average molecular weight is 302 g/mol. The average Bonchev–Trinajstić information content (AvgIpc) is 2.51. The third kappa shape index (κ3) is 2.49. The van der Waals surface area contributed by atoms with E-state index in [1.807, 2.05) is 30.3 Å². The van der Waals surface area contributed by atoms with Crippen LogP contribution in [0.25, 0.3) is 10.9 Å². The Morgan fingerprint density at radius 2 is 1.86 bits per heavy atom. The molecule has 1 atom stereocenters. The topological polar surface area (TPSA) is 50.9 Å². The predicted molar refractivity (Wildman–Crippen MR) is 82.3 cm³/mol. The third-order valence-electron chi connectivity index (χ3n) is 3.43. The van der Waals surface area contributed by atoms with Crippen molar-refractivity contribution in [2.45, 2.75) is 6.04 Å². The summed E-state index contributed by atoms with van der Waals surface area (Å²) in [5.74, 6) is 5.26. The number of fused-ring (bicyclic) bond motifs is 1. The number of aromatic nitrogens is 1. The fraction of sp³-hybridized carbons (Fsp3) is 0.0625. The van der Waals surface area contributed by atoms with Crippen molar-refractivity contribution in [2.24, 2.45) is 5.84 Å². The summed E-state index contributed by atoms with van der Waals surface area (Å²) in [5, 5.41) is 1.29. The minimum Gasteiger partial charge on any atom is -0.271 e. The Hall–Kier alpha value is -2.01. The van der Waals surface area contributed by atoms with Gasteiger partial charge in [0.25, 0.3) is 0 Å². The number of nitrogens with zero attached hydrogens (tertiary/aromatic N) is 1. The van der Waals surface area contributed by atoms with Crippen LogP contribution >= 0.6 is 11.6 Å². The Bertz CT molecular complexity index is 766. The van der Waals surface area contributed by atoms with Gasteiger partial charge >= 0.3 is 0 Å². The molecule has 0 amide bonds. The largest absolute Gasteiger partial charge is 0.271 e. The van der Waals surface area contributed by atoms with Gasteiger partial charge in [0.15, 0.2) is 0 Å². The molecule has 0 radical (unpaired) electrons. The number of halogens is 2. The van der Waals surface area contributed by atoms with Crippen LogP contribution < -0.4 is 11.3 Å². The molecular formula is C16H13ClFN3. The van der Waals surface area contributed by atoms with E-state index in [0.29, 0.717) is 10.6 Å². The fourth-order valence-corrected chi connectivity index (χ4v) is 2.75. The maximum atomic E-state index is 14.2. The highest BCUT2D eigenvalue weighted by atomic mass is 35.5. The van der Waals surface area contributed by atoms with Crippen LogP contribution in [0, 0.1) is 5.82 Å². The molecule has 3 rings (SSSR count). The molecule has 1 unspecified atom stereocenters. The highest BCUT2D eigenvalue weighted by molar-refractivity contribution is 6.31. The van der Waals surface area contributed by atoms with Crippen LogP contribution in [0.1, 0.15) is 17.2 Å². The van der Waals surface area contributed by atoms with Gasteiger partial charge in [-0.3, -0.25) is 10.8 Å². The van der Waals surface area contributed by atoms with Crippen molar-refractivity contribution in [1.82, 2.24) is 10.4 Å². The van der Waals surface area contributed by atoms with E-state index in [1.165, 1.54) is 6.07 Å². The molecule has 0 saturated heterocycles. The molecule has 5 heteroatoms. The minimum atomic E-state index is -0.572. The zero-order valence-electron chi connectivity index (χ0n) is 11.1. The van der Waals surface area contributed by atoms with E-state index in [0.717, 1.165) is 16.5 Å². The summed E-state index contributed by atoms with van der Waals surface area (Å²) >= 11 is 6.15. The summed E-state index contributed by atoms with van der Waals surface area (Å²) < 4.78 is 14.2. The molecule has 0 spiro atoms. The molecule has 0 saturated carbocycles. The zero-order chi connectivity index (χ0) is 14.8. The first-order valence-electron chi connectivity index (χ1n) is 6.46. The van der Waals surface area contributed by atoms with Gasteiger partial charge in [0.1, 0.15) is 5.82 Å². The van der Waals surface area contributed by atoms with Crippen molar-refractivity contribution >= 4 is 22.5 Å². The third-order valence-corrected chi connectivity index (χ3v) is 3.76. The summed E-state index contributed by atoms with van der Waals surface area (Å²) in [6, 6.07) is 13.5. The normalized spacial score (nSPS) is 12.5. The Balaban J connectivity index is 2.24. The lowest BCUT2D eigenvalue weighted by molar-refractivity contribution is 0.562. The van der Waals surface area contributed by atoms with Gasteiger partial charge in [-0.1, -0.05) is 41.9 Å². The van der Waals surface area contributed by atoms with Crippen LogP contribution in [-0.2, 0) is 0 Å². The molecule has 1 aromatic heterocycles. The standard InChI is InChI=1S/C16H13ClFN3/c17-12-7-2-8-13(18)14(12)16(21-19)11-6-1-4-10-5-3-9-20-15(10)11/h1-9,16,21H,19H2. The van der Waals surface area contributed by atoms with Crippen molar-refractivity contribution in [1.29, 1.82) is 0 Å². The fourth-order valence-electron chi connectivity index (χ4n) is 2.48. The van der Waals surface area contributed by atoms with Gasteiger partial charge in [0.05, 0.1) is 11.6 Å². The van der Waals surface area contributed by atoms with E-state index >= 15 is 0 Å². The number of pyridine rings is 1. The Kier molecular flexibility index (Phi) is 3.84. The second-order valence-electron chi connectivity index (χ2n) is 4.66. The van der Waals surface area contributed by atoms with E-state index in [-0.39, 0.29) is 0 Å². The lowest BCUT2D eigenvalue weighted by atomic mass is 9.96. The second-order valence-corrected chi connectivity index (χ2v) is 5.06. The van der Waals surface area contributed by atoms with Crippen LogP contribution in [0.15, 0.2) is 54.7 Å². The second kappa shape index (κ2) is 5.77. The van der Waals surface area contributed by atoms with Crippen molar-refractivity contribution < 1.29 is 4.39 Å². The summed E-state index contributed by atoms with van der Waals surface area (Å²) in [5.41, 5.74) is 4.51. The summed E-state index contributed by atoms with van der Waals surface area (Å²) in [6.45, 7) is 0. The number of para-hydroxylation sites is 1. The van der Waals surface area contributed by atoms with Gasteiger partial charge in [-0.15, -0.1) is 0 Å². The van der Waals surface area contributed by atoms with E-state index in [2.05, 4.69) is 10.4 Å². The molecular weight excluding hydrogens is 289 g/mol. The van der Waals surface area contributed by atoms with E-state index in [4.69, 9.17) is 17.4 Å². The molecule has 0 aliphatic rings. The molecule has 0 aliphatic heterocycles. The van der Waals surface area contributed by atoms with Crippen LogP contribution in [-0.4, -0.2) is 4.98 Å². The lowest BCUT2D eigenvalue weighted by Crippen LogP contribution is -2.30. The van der Waals surface area contributed by atoms with Crippen LogP contribution in [0.5, 0.6) is 0 Å². The van der Waals surface area contributed by atoms with Crippen molar-refractivity contribution in [2.75, 3.05) is 0 Å². The van der Waals surface area contributed by atoms with E-state index < -0.39 is 11.9 Å². The van der Waals surface area contributed by atoms with Crippen molar-refractivity contribution in [3.63, 3.8) is 0 Å². The van der Waals surface area contributed by atoms with Gasteiger partial charge < -0.3 is 0 Å². The molecule has 1 heterocycles. The van der Waals surface area contributed by atoms with Gasteiger partial charge in [-0.05, 0) is 18.2 Å². The molecule has 2 aromatic carbocycles. The van der Waals surface area contributed by atoms with Crippen LogP contribution in [0.4, 0.5) is 4.39 Å². The smallest absolute Gasteiger partial charge is 0.129 e. The SMILES string of the molecule is NNC(c1c(F)cccc1Cl)c1cccc2cccnc12. The molecule has 106 valence electrons. The molecule has 3 nitrogen and oxygen atoms in total. The monoisotopic (exact) mass is 301 g/mol. The first-order chi connectivity index (χ1) is 10.2. The first-order valence-corrected chi connectivity index (χ1v) is 6.84. The highest BCUT2D eigenvalue weighted by Gasteiger charge is 2.21. The Morgan fingerprint density at radius 3 is 2.62 bits per heavy atom. The maximum Gasteiger partial charge on any atom is 0.129 e. The van der Waals surface area contributed by atoms with Gasteiger partial charge in [0.2, 0.25) is 0 Å². The molecule has 21 heavy (non-hydrogen) atoms. The van der Waals surface area contributed by atoms with E-state index in [9.17, 15) is 4.39 Å². The summed E-state index contributed by atoms with van der Waals surface area (Å²) in [4.78, 5) is 4.37.